The summed E-state index contributed by atoms with van der Waals surface area (Å²) in [6.45, 7) is 0. The number of hydrogen-bond donors (Lipinski definition) is 0. The fraction of sp³-hybridized carbons (Fsp3) is 0.125. The molecular weight excluding hydrogens is 218 g/mol. The summed E-state index contributed by atoms with van der Waals surface area (Å²) in [4.78, 5) is 3.32. The summed E-state index contributed by atoms with van der Waals surface area (Å²) in [7, 11) is 0. The van der Waals surface area contributed by atoms with Crippen LogP contribution in [0, 0.1) is 5.82 Å². The van der Waals surface area contributed by atoms with Crippen molar-refractivity contribution in [3.05, 3.63) is 29.6 Å². The van der Waals surface area contributed by atoms with Gasteiger partial charge in [-0.3, -0.25) is 0 Å². The minimum atomic E-state index is -4.73. The molecule has 0 heterocycles. The average molecular weight is 221 g/mol. The van der Waals surface area contributed by atoms with E-state index in [0.717, 1.165) is 6.07 Å². The first-order valence-electron chi connectivity index (χ1n) is 3.40. The van der Waals surface area contributed by atoms with Crippen molar-refractivity contribution in [3.8, 4) is 0 Å². The Morgan fingerprint density at radius 3 is 2.43 bits per heavy atom. The molecule has 0 N–H and O–H groups in total. The van der Waals surface area contributed by atoms with Crippen LogP contribution in [0.2, 0.25) is 0 Å². The standard InChI is InChI=1S/C8H3F4NS/c9-7-2-1-5(13-4-14)3-6(7)8(10,11)12/h1-3H. The molecule has 0 aliphatic heterocycles. The molecule has 0 atom stereocenters. The molecule has 74 valence electrons. The Morgan fingerprint density at radius 2 is 1.93 bits per heavy atom. The molecular formula is C8H3F4NS. The Bertz CT molecular complexity index is 393. The Labute approximate surface area is 82.1 Å². The topological polar surface area (TPSA) is 12.4 Å². The molecule has 0 saturated heterocycles. The molecule has 0 bridgehead atoms. The lowest BCUT2D eigenvalue weighted by Gasteiger charge is -2.07. The minimum Gasteiger partial charge on any atom is -0.206 e. The number of thiocarbonyl (C=S) groups is 1. The van der Waals surface area contributed by atoms with E-state index in [1.165, 1.54) is 0 Å². The van der Waals surface area contributed by atoms with E-state index in [9.17, 15) is 17.6 Å². The molecule has 1 aromatic carbocycles. The first-order valence-corrected chi connectivity index (χ1v) is 3.80. The average Bonchev–Trinajstić information content (AvgIpc) is 2.07. The smallest absolute Gasteiger partial charge is 0.206 e. The van der Waals surface area contributed by atoms with Crippen molar-refractivity contribution < 1.29 is 17.6 Å². The lowest BCUT2D eigenvalue weighted by molar-refractivity contribution is -0.139. The molecule has 0 amide bonds. The van der Waals surface area contributed by atoms with Gasteiger partial charge >= 0.3 is 6.18 Å². The van der Waals surface area contributed by atoms with Crippen LogP contribution in [0.25, 0.3) is 0 Å². The molecule has 0 radical (unpaired) electrons. The van der Waals surface area contributed by atoms with Crippen LogP contribution in [0.1, 0.15) is 5.56 Å². The Balaban J connectivity index is 3.28. The molecule has 1 nitrogen and oxygen atoms in total. The van der Waals surface area contributed by atoms with Crippen LogP contribution in [0.5, 0.6) is 0 Å². The van der Waals surface area contributed by atoms with E-state index in [-0.39, 0.29) is 5.69 Å². The van der Waals surface area contributed by atoms with Gasteiger partial charge in [0.05, 0.1) is 16.4 Å². The van der Waals surface area contributed by atoms with E-state index in [1.54, 1.807) is 0 Å². The number of rotatable bonds is 1. The van der Waals surface area contributed by atoms with Crippen molar-refractivity contribution in [2.75, 3.05) is 0 Å². The van der Waals surface area contributed by atoms with E-state index >= 15 is 0 Å². The Kier molecular flexibility index (Phi) is 2.98. The number of benzene rings is 1. The maximum absolute atomic E-state index is 12.7. The highest BCUT2D eigenvalue weighted by Gasteiger charge is 2.34. The van der Waals surface area contributed by atoms with Gasteiger partial charge in [-0.25, -0.2) is 4.39 Å². The zero-order valence-electron chi connectivity index (χ0n) is 6.60. The van der Waals surface area contributed by atoms with Crippen LogP contribution in [0.3, 0.4) is 0 Å². The zero-order valence-corrected chi connectivity index (χ0v) is 7.42. The highest BCUT2D eigenvalue weighted by atomic mass is 32.1. The number of alkyl halides is 3. The second kappa shape index (κ2) is 3.86. The quantitative estimate of drug-likeness (QED) is 0.401. The molecule has 0 aliphatic carbocycles. The summed E-state index contributed by atoms with van der Waals surface area (Å²) in [5, 5.41) is 1.90. The third kappa shape index (κ3) is 2.37. The van der Waals surface area contributed by atoms with Gasteiger partial charge in [-0.05, 0) is 30.4 Å². The third-order valence-corrected chi connectivity index (χ3v) is 1.52. The van der Waals surface area contributed by atoms with Gasteiger partial charge in [-0.15, -0.1) is 0 Å². The minimum absolute atomic E-state index is 0.0753. The van der Waals surface area contributed by atoms with Gasteiger partial charge in [-0.2, -0.15) is 18.2 Å². The summed E-state index contributed by atoms with van der Waals surface area (Å²) in [6, 6.07) is 2.35. The van der Waals surface area contributed by atoms with Gasteiger partial charge in [0.2, 0.25) is 0 Å². The highest BCUT2D eigenvalue weighted by molar-refractivity contribution is 7.78. The van der Waals surface area contributed by atoms with E-state index in [0.29, 0.717) is 12.1 Å². The monoisotopic (exact) mass is 221 g/mol. The van der Waals surface area contributed by atoms with E-state index in [1.807, 2.05) is 5.16 Å². The molecule has 0 fully saturated rings. The van der Waals surface area contributed by atoms with Crippen LogP contribution in [0.4, 0.5) is 23.2 Å². The molecule has 0 saturated carbocycles. The van der Waals surface area contributed by atoms with Gasteiger partial charge in [0.25, 0.3) is 0 Å². The molecule has 0 unspecified atom stereocenters. The van der Waals surface area contributed by atoms with Gasteiger partial charge in [-0.1, -0.05) is 0 Å². The predicted molar refractivity (Wildman–Crippen MR) is 46.1 cm³/mol. The normalized spacial score (nSPS) is 10.9. The molecule has 0 aliphatic rings. The molecule has 0 spiro atoms. The molecule has 6 heteroatoms. The van der Waals surface area contributed by atoms with Crippen LogP contribution in [0.15, 0.2) is 23.2 Å². The maximum Gasteiger partial charge on any atom is 0.419 e. The van der Waals surface area contributed by atoms with Crippen molar-refractivity contribution >= 4 is 23.1 Å². The molecule has 1 rings (SSSR count). The number of aliphatic imine (C=N–C) groups is 1. The molecule has 14 heavy (non-hydrogen) atoms. The number of halogens is 4. The van der Waals surface area contributed by atoms with Crippen molar-refractivity contribution in [3.63, 3.8) is 0 Å². The van der Waals surface area contributed by atoms with Gasteiger partial charge in [0.15, 0.2) is 0 Å². The van der Waals surface area contributed by atoms with Gasteiger partial charge in [0.1, 0.15) is 5.82 Å². The van der Waals surface area contributed by atoms with Gasteiger partial charge in [0, 0.05) is 0 Å². The van der Waals surface area contributed by atoms with Crippen molar-refractivity contribution in [2.24, 2.45) is 4.99 Å². The van der Waals surface area contributed by atoms with Crippen molar-refractivity contribution in [2.45, 2.75) is 6.18 Å². The van der Waals surface area contributed by atoms with E-state index in [4.69, 9.17) is 0 Å². The van der Waals surface area contributed by atoms with Crippen molar-refractivity contribution in [1.82, 2.24) is 0 Å². The molecule has 0 aromatic heterocycles. The maximum atomic E-state index is 12.7. The lowest BCUT2D eigenvalue weighted by atomic mass is 10.2. The van der Waals surface area contributed by atoms with E-state index < -0.39 is 17.6 Å². The first-order chi connectivity index (χ1) is 6.45. The van der Waals surface area contributed by atoms with Crippen LogP contribution in [-0.4, -0.2) is 5.16 Å². The Morgan fingerprint density at radius 1 is 1.29 bits per heavy atom. The summed E-state index contributed by atoms with van der Waals surface area (Å²) >= 11 is 4.21. The van der Waals surface area contributed by atoms with Crippen LogP contribution >= 0.6 is 12.2 Å². The fourth-order valence-electron chi connectivity index (χ4n) is 0.853. The number of hydrogen-bond acceptors (Lipinski definition) is 2. The fourth-order valence-corrected chi connectivity index (χ4v) is 0.958. The SMILES string of the molecule is Fc1ccc(N=C=S)cc1C(F)(F)F. The van der Waals surface area contributed by atoms with Crippen LogP contribution in [-0.2, 0) is 6.18 Å². The summed E-state index contributed by atoms with van der Waals surface area (Å²) < 4.78 is 49.1. The lowest BCUT2D eigenvalue weighted by Crippen LogP contribution is -2.07. The molecule has 1 aromatic rings. The summed E-state index contributed by atoms with van der Waals surface area (Å²) in [5.74, 6) is -1.33. The summed E-state index contributed by atoms with van der Waals surface area (Å²) in [5.41, 5.74) is -1.43. The predicted octanol–water partition coefficient (Wildman–Crippen LogP) is 3.58. The second-order valence-electron chi connectivity index (χ2n) is 2.36. The Hall–Kier alpha value is -1.26. The van der Waals surface area contributed by atoms with Crippen LogP contribution < -0.4 is 0 Å². The third-order valence-electron chi connectivity index (χ3n) is 1.43. The van der Waals surface area contributed by atoms with Gasteiger partial charge < -0.3 is 0 Å². The summed E-state index contributed by atoms with van der Waals surface area (Å²) in [6.07, 6.45) is -4.73. The number of isothiocyanates is 1. The van der Waals surface area contributed by atoms with Crippen molar-refractivity contribution in [1.29, 1.82) is 0 Å². The zero-order chi connectivity index (χ0) is 10.8. The largest absolute Gasteiger partial charge is 0.419 e. The first kappa shape index (κ1) is 10.8. The number of nitrogens with zero attached hydrogens (tertiary/aromatic N) is 1. The highest BCUT2D eigenvalue weighted by Crippen LogP contribution is 2.33. The van der Waals surface area contributed by atoms with E-state index in [2.05, 4.69) is 17.2 Å². The second-order valence-corrected chi connectivity index (χ2v) is 2.55.